The van der Waals surface area contributed by atoms with Crippen molar-refractivity contribution in [3.05, 3.63) is 35.4 Å². The molecule has 3 atom stereocenters. The lowest BCUT2D eigenvalue weighted by atomic mass is 9.69. The predicted molar refractivity (Wildman–Crippen MR) is 109 cm³/mol. The Kier molecular flexibility index (Phi) is 6.60. The van der Waals surface area contributed by atoms with E-state index in [9.17, 15) is 13.2 Å². The number of hydrogen-bond donors (Lipinski definition) is 0. The van der Waals surface area contributed by atoms with E-state index in [1.165, 1.54) is 64.2 Å². The molecule has 160 valence electrons. The maximum Gasteiger partial charge on any atom is 0.465 e. The van der Waals surface area contributed by atoms with E-state index >= 15 is 0 Å². The molecule has 3 aliphatic rings. The number of benzene rings is 1. The van der Waals surface area contributed by atoms with E-state index in [4.69, 9.17) is 9.31 Å². The van der Waals surface area contributed by atoms with Crippen molar-refractivity contribution in [1.29, 1.82) is 0 Å². The molecule has 6 heteroatoms. The second-order valence-electron chi connectivity index (χ2n) is 9.27. The minimum absolute atomic E-state index is 0.0861. The van der Waals surface area contributed by atoms with E-state index in [2.05, 4.69) is 0 Å². The minimum Gasteiger partial charge on any atom is -0.405 e. The van der Waals surface area contributed by atoms with Crippen molar-refractivity contribution in [2.24, 2.45) is 11.8 Å². The molecule has 0 bridgehead atoms. The summed E-state index contributed by atoms with van der Waals surface area (Å²) >= 11 is 0. The van der Waals surface area contributed by atoms with Crippen LogP contribution >= 0.6 is 0 Å². The highest BCUT2D eigenvalue weighted by molar-refractivity contribution is 6.47. The molecule has 3 fully saturated rings. The van der Waals surface area contributed by atoms with Gasteiger partial charge in [0.25, 0.3) is 0 Å². The molecule has 2 aliphatic carbocycles. The Morgan fingerprint density at radius 2 is 1.24 bits per heavy atom. The molecule has 2 nitrogen and oxygen atoms in total. The summed E-state index contributed by atoms with van der Waals surface area (Å²) in [6.45, 7) is 2.01. The van der Waals surface area contributed by atoms with Gasteiger partial charge in [-0.25, -0.2) is 0 Å². The fourth-order valence-electron chi connectivity index (χ4n) is 5.55. The second-order valence-corrected chi connectivity index (χ2v) is 9.27. The summed E-state index contributed by atoms with van der Waals surface area (Å²) in [6, 6.07) is 5.48. The molecule has 0 radical (unpaired) electrons. The van der Waals surface area contributed by atoms with Crippen molar-refractivity contribution in [3.63, 3.8) is 0 Å². The third kappa shape index (κ3) is 4.85. The normalized spacial score (nSPS) is 28.6. The van der Waals surface area contributed by atoms with Crippen molar-refractivity contribution >= 4 is 7.12 Å². The van der Waals surface area contributed by atoms with Crippen LogP contribution in [-0.4, -0.2) is 19.3 Å². The summed E-state index contributed by atoms with van der Waals surface area (Å²) in [7, 11) is -0.370. The van der Waals surface area contributed by atoms with Gasteiger partial charge >= 0.3 is 13.3 Å². The Hall–Kier alpha value is -1.01. The Balaban J connectivity index is 1.49. The van der Waals surface area contributed by atoms with Crippen LogP contribution in [0.3, 0.4) is 0 Å². The van der Waals surface area contributed by atoms with Crippen molar-refractivity contribution in [2.45, 2.75) is 95.3 Å². The Morgan fingerprint density at radius 3 is 1.66 bits per heavy atom. The maximum atomic E-state index is 12.9. The van der Waals surface area contributed by atoms with Gasteiger partial charge in [-0.05, 0) is 55.2 Å². The van der Waals surface area contributed by atoms with E-state index in [1.807, 2.05) is 6.92 Å². The van der Waals surface area contributed by atoms with E-state index < -0.39 is 11.7 Å². The van der Waals surface area contributed by atoms with Crippen LogP contribution in [0.2, 0.25) is 0 Å². The highest BCUT2D eigenvalue weighted by Gasteiger charge is 2.49. The lowest BCUT2D eigenvalue weighted by Crippen LogP contribution is -2.38. The van der Waals surface area contributed by atoms with Crippen LogP contribution in [0.1, 0.15) is 88.1 Å². The molecule has 1 heterocycles. The molecular formula is C23H32BF3O2. The predicted octanol–water partition coefficient (Wildman–Crippen LogP) is 6.78. The van der Waals surface area contributed by atoms with E-state index in [0.29, 0.717) is 11.8 Å². The van der Waals surface area contributed by atoms with Crippen LogP contribution in [0.4, 0.5) is 13.2 Å². The second kappa shape index (κ2) is 9.01. The Morgan fingerprint density at radius 1 is 0.793 bits per heavy atom. The number of rotatable bonds is 4. The van der Waals surface area contributed by atoms with Crippen LogP contribution in [0.25, 0.3) is 0 Å². The van der Waals surface area contributed by atoms with Gasteiger partial charge in [0, 0.05) is 5.82 Å². The van der Waals surface area contributed by atoms with Gasteiger partial charge in [-0.1, -0.05) is 57.6 Å². The van der Waals surface area contributed by atoms with Crippen molar-refractivity contribution in [2.75, 3.05) is 0 Å². The molecule has 0 unspecified atom stereocenters. The fraction of sp³-hybridized carbons (Fsp3) is 0.739. The first kappa shape index (κ1) is 21.2. The van der Waals surface area contributed by atoms with Gasteiger partial charge in [-0.2, -0.15) is 13.2 Å². The molecule has 4 rings (SSSR count). The van der Waals surface area contributed by atoms with Crippen LogP contribution in [0.5, 0.6) is 0 Å². The lowest BCUT2D eigenvalue weighted by molar-refractivity contribution is -0.137. The van der Waals surface area contributed by atoms with E-state index in [-0.39, 0.29) is 25.1 Å². The largest absolute Gasteiger partial charge is 0.465 e. The van der Waals surface area contributed by atoms with Crippen molar-refractivity contribution in [3.8, 4) is 0 Å². The minimum atomic E-state index is -4.31. The summed E-state index contributed by atoms with van der Waals surface area (Å²) in [6.07, 6.45) is 8.48. The summed E-state index contributed by atoms with van der Waals surface area (Å²) in [5.41, 5.74) is 0.233. The molecule has 0 N–H and O–H groups in total. The lowest BCUT2D eigenvalue weighted by Gasteiger charge is -2.35. The molecule has 1 aromatic carbocycles. The third-order valence-corrected chi connectivity index (χ3v) is 7.31. The SMILES string of the molecule is C[C@@H](B1O[C@H](C2CCCCC2)[C@@H](C2CCCCC2)O1)c1ccc(C(F)(F)F)cc1. The van der Waals surface area contributed by atoms with Crippen LogP contribution in [0, 0.1) is 11.8 Å². The molecular weight excluding hydrogens is 376 g/mol. The van der Waals surface area contributed by atoms with E-state index in [0.717, 1.165) is 17.7 Å². The molecule has 0 aromatic heterocycles. The Labute approximate surface area is 172 Å². The van der Waals surface area contributed by atoms with Gasteiger partial charge in [0.15, 0.2) is 0 Å². The van der Waals surface area contributed by atoms with Gasteiger partial charge in [0.05, 0.1) is 17.8 Å². The molecule has 1 saturated heterocycles. The van der Waals surface area contributed by atoms with Crippen molar-refractivity contribution in [1.82, 2.24) is 0 Å². The van der Waals surface area contributed by atoms with E-state index in [1.54, 1.807) is 12.1 Å². The average Bonchev–Trinajstić information content (AvgIpc) is 3.19. The highest BCUT2D eigenvalue weighted by atomic mass is 19.4. The Bertz CT molecular complexity index is 625. The molecule has 0 amide bonds. The molecule has 0 spiro atoms. The monoisotopic (exact) mass is 408 g/mol. The van der Waals surface area contributed by atoms with Gasteiger partial charge in [0.2, 0.25) is 0 Å². The van der Waals surface area contributed by atoms with Crippen LogP contribution in [-0.2, 0) is 15.5 Å². The smallest absolute Gasteiger partial charge is 0.405 e. The quantitative estimate of drug-likeness (QED) is 0.511. The van der Waals surface area contributed by atoms with Crippen LogP contribution in [0.15, 0.2) is 24.3 Å². The number of halogens is 3. The standard InChI is InChI=1S/C23H32BF3O2/c1-16(17-12-14-20(15-13-17)23(25,26)27)24-28-21(18-8-4-2-5-9-18)22(29-24)19-10-6-3-7-11-19/h12-16,18-19,21-22H,2-11H2,1H3/t16-,21-,22-/m1/s1. The number of hydrogen-bond acceptors (Lipinski definition) is 2. The zero-order valence-electron chi connectivity index (χ0n) is 17.3. The summed E-state index contributed by atoms with van der Waals surface area (Å²) in [5, 5.41) is 0. The molecule has 1 aromatic rings. The van der Waals surface area contributed by atoms with Crippen molar-refractivity contribution < 1.29 is 22.5 Å². The first-order chi connectivity index (χ1) is 13.9. The zero-order chi connectivity index (χ0) is 20.4. The van der Waals surface area contributed by atoms with Gasteiger partial charge in [-0.3, -0.25) is 0 Å². The summed E-state index contributed by atoms with van der Waals surface area (Å²) < 4.78 is 51.7. The number of alkyl halides is 3. The zero-order valence-corrected chi connectivity index (χ0v) is 17.3. The van der Waals surface area contributed by atoms with Gasteiger partial charge in [0.1, 0.15) is 0 Å². The van der Waals surface area contributed by atoms with Crippen LogP contribution < -0.4 is 0 Å². The molecule has 1 aliphatic heterocycles. The molecule has 2 saturated carbocycles. The third-order valence-electron chi connectivity index (χ3n) is 7.31. The highest BCUT2D eigenvalue weighted by Crippen LogP contribution is 2.42. The fourth-order valence-corrected chi connectivity index (χ4v) is 5.55. The topological polar surface area (TPSA) is 18.5 Å². The van der Waals surface area contributed by atoms with Gasteiger partial charge in [-0.15, -0.1) is 0 Å². The molecule has 29 heavy (non-hydrogen) atoms. The first-order valence-corrected chi connectivity index (χ1v) is 11.4. The maximum absolute atomic E-state index is 12.9. The van der Waals surface area contributed by atoms with Gasteiger partial charge < -0.3 is 9.31 Å². The summed E-state index contributed by atoms with van der Waals surface area (Å²) in [5.74, 6) is 1.03. The average molecular weight is 408 g/mol. The summed E-state index contributed by atoms with van der Waals surface area (Å²) in [4.78, 5) is 0. The first-order valence-electron chi connectivity index (χ1n) is 11.4.